The van der Waals surface area contributed by atoms with Gasteiger partial charge in [-0.3, -0.25) is 19.7 Å². The minimum atomic E-state index is -0.794. The summed E-state index contributed by atoms with van der Waals surface area (Å²) in [6.45, 7) is 5.51. The first-order chi connectivity index (χ1) is 14.2. The van der Waals surface area contributed by atoms with Gasteiger partial charge in [0, 0.05) is 27.8 Å². The summed E-state index contributed by atoms with van der Waals surface area (Å²) in [4.78, 5) is 35.5. The van der Waals surface area contributed by atoms with Gasteiger partial charge in [-0.1, -0.05) is 37.6 Å². The molecular formula is C21H23ClN4O4. The van der Waals surface area contributed by atoms with E-state index in [-0.39, 0.29) is 11.6 Å². The lowest BCUT2D eigenvalue weighted by Gasteiger charge is -2.19. The van der Waals surface area contributed by atoms with Crippen molar-refractivity contribution in [2.24, 2.45) is 11.0 Å². The van der Waals surface area contributed by atoms with Crippen LogP contribution in [-0.4, -0.2) is 29.0 Å². The highest BCUT2D eigenvalue weighted by atomic mass is 35.5. The van der Waals surface area contributed by atoms with Gasteiger partial charge in [0.15, 0.2) is 0 Å². The number of rotatable bonds is 8. The van der Waals surface area contributed by atoms with E-state index >= 15 is 0 Å². The second-order valence-corrected chi connectivity index (χ2v) is 7.64. The van der Waals surface area contributed by atoms with E-state index in [9.17, 15) is 19.7 Å². The first kappa shape index (κ1) is 23.0. The molecule has 0 aliphatic heterocycles. The Kier molecular flexibility index (Phi) is 8.06. The number of carbonyl (C=O) groups excluding carboxylic acids is 2. The maximum absolute atomic E-state index is 12.6. The summed E-state index contributed by atoms with van der Waals surface area (Å²) in [6, 6.07) is 10.2. The van der Waals surface area contributed by atoms with Crippen molar-refractivity contribution in [3.05, 3.63) is 74.3 Å². The number of nitrogens with one attached hydrogen (secondary N) is 2. The molecule has 1 atom stereocenters. The van der Waals surface area contributed by atoms with Crippen LogP contribution in [-0.2, 0) is 4.79 Å². The number of nitrogens with zero attached hydrogens (tertiary/aromatic N) is 2. The molecule has 0 aliphatic carbocycles. The monoisotopic (exact) mass is 430 g/mol. The Labute approximate surface area is 179 Å². The normalized spacial score (nSPS) is 12.0. The summed E-state index contributed by atoms with van der Waals surface area (Å²) in [5.41, 5.74) is 3.75. The van der Waals surface area contributed by atoms with Crippen molar-refractivity contribution in [2.45, 2.75) is 33.2 Å². The summed E-state index contributed by atoms with van der Waals surface area (Å²) in [5.74, 6) is -0.732. The Morgan fingerprint density at radius 2 is 1.87 bits per heavy atom. The van der Waals surface area contributed by atoms with Crippen LogP contribution in [0.2, 0.25) is 5.02 Å². The molecular weight excluding hydrogens is 408 g/mol. The van der Waals surface area contributed by atoms with Crippen LogP contribution in [0.1, 0.15) is 41.8 Å². The number of aryl methyl sites for hydroxylation is 1. The van der Waals surface area contributed by atoms with E-state index in [2.05, 4.69) is 15.8 Å². The Hall–Kier alpha value is -3.26. The SMILES string of the molecule is Cc1ccc(/C=N/NC(=O)C(CC(C)C)NC(=O)c2ccc(Cl)cc2)cc1[N+](=O)[O-]. The minimum absolute atomic E-state index is 0.0295. The molecule has 0 spiro atoms. The number of hydrogen-bond donors (Lipinski definition) is 2. The summed E-state index contributed by atoms with van der Waals surface area (Å²) in [7, 11) is 0. The molecule has 9 heteroatoms. The molecule has 0 aromatic heterocycles. The van der Waals surface area contributed by atoms with Crippen LogP contribution in [0.15, 0.2) is 47.6 Å². The third-order valence-electron chi connectivity index (χ3n) is 4.25. The predicted molar refractivity (Wildman–Crippen MR) is 116 cm³/mol. The quantitative estimate of drug-likeness (QED) is 0.376. The fourth-order valence-corrected chi connectivity index (χ4v) is 2.82. The van der Waals surface area contributed by atoms with Gasteiger partial charge in [0.1, 0.15) is 6.04 Å². The Bertz CT molecular complexity index is 958. The van der Waals surface area contributed by atoms with Crippen LogP contribution < -0.4 is 10.7 Å². The van der Waals surface area contributed by atoms with Crippen molar-refractivity contribution in [3.63, 3.8) is 0 Å². The molecule has 1 unspecified atom stereocenters. The van der Waals surface area contributed by atoms with Crippen LogP contribution in [0, 0.1) is 23.0 Å². The zero-order valence-electron chi connectivity index (χ0n) is 16.9. The zero-order chi connectivity index (χ0) is 22.3. The maximum atomic E-state index is 12.6. The van der Waals surface area contributed by atoms with Crippen molar-refractivity contribution < 1.29 is 14.5 Å². The van der Waals surface area contributed by atoms with E-state index in [0.29, 0.717) is 28.1 Å². The van der Waals surface area contributed by atoms with Crippen molar-refractivity contribution in [1.82, 2.24) is 10.7 Å². The molecule has 0 heterocycles. The van der Waals surface area contributed by atoms with Crippen LogP contribution in [0.3, 0.4) is 0 Å². The number of nitro benzene ring substituents is 1. The number of hydrazone groups is 1. The molecule has 0 radical (unpaired) electrons. The average molecular weight is 431 g/mol. The van der Waals surface area contributed by atoms with Crippen molar-refractivity contribution in [1.29, 1.82) is 0 Å². The van der Waals surface area contributed by atoms with Gasteiger partial charge in [-0.2, -0.15) is 5.10 Å². The number of hydrogen-bond acceptors (Lipinski definition) is 5. The third-order valence-corrected chi connectivity index (χ3v) is 4.51. The number of halogens is 1. The molecule has 2 aromatic rings. The lowest BCUT2D eigenvalue weighted by Crippen LogP contribution is -2.46. The number of nitro groups is 1. The smallest absolute Gasteiger partial charge is 0.272 e. The topological polar surface area (TPSA) is 114 Å². The third kappa shape index (κ3) is 6.66. The van der Waals surface area contributed by atoms with Gasteiger partial charge in [0.25, 0.3) is 17.5 Å². The minimum Gasteiger partial charge on any atom is -0.340 e. The first-order valence-corrected chi connectivity index (χ1v) is 9.69. The zero-order valence-corrected chi connectivity index (χ0v) is 17.6. The summed E-state index contributed by atoms with van der Waals surface area (Å²) in [6.07, 6.45) is 1.73. The van der Waals surface area contributed by atoms with E-state index in [1.807, 2.05) is 13.8 Å². The van der Waals surface area contributed by atoms with Crippen LogP contribution in [0.4, 0.5) is 5.69 Å². The largest absolute Gasteiger partial charge is 0.340 e. The summed E-state index contributed by atoms with van der Waals surface area (Å²) >= 11 is 5.84. The van der Waals surface area contributed by atoms with E-state index in [1.54, 1.807) is 43.3 Å². The molecule has 2 rings (SSSR count). The van der Waals surface area contributed by atoms with Gasteiger partial charge in [0.05, 0.1) is 11.1 Å². The molecule has 0 saturated carbocycles. The van der Waals surface area contributed by atoms with Gasteiger partial charge >= 0.3 is 0 Å². The van der Waals surface area contributed by atoms with Crippen molar-refractivity contribution in [3.8, 4) is 0 Å². The number of carbonyl (C=O) groups is 2. The standard InChI is InChI=1S/C21H23ClN4O4/c1-13(2)10-18(24-20(27)16-6-8-17(22)9-7-16)21(28)25-23-12-15-5-4-14(3)19(11-15)26(29)30/h4-9,11-13,18H,10H2,1-3H3,(H,24,27)(H,25,28)/b23-12+. The van der Waals surface area contributed by atoms with Gasteiger partial charge in [-0.15, -0.1) is 0 Å². The molecule has 2 N–H and O–H groups in total. The molecule has 0 aliphatic rings. The van der Waals surface area contributed by atoms with E-state index in [1.165, 1.54) is 12.3 Å². The van der Waals surface area contributed by atoms with Crippen LogP contribution in [0.25, 0.3) is 0 Å². The first-order valence-electron chi connectivity index (χ1n) is 9.31. The lowest BCUT2D eigenvalue weighted by atomic mass is 10.0. The predicted octanol–water partition coefficient (Wildman–Crippen LogP) is 3.85. The molecule has 30 heavy (non-hydrogen) atoms. The van der Waals surface area contributed by atoms with Gasteiger partial charge < -0.3 is 5.32 Å². The number of benzene rings is 2. The van der Waals surface area contributed by atoms with Crippen molar-refractivity contribution >= 4 is 35.3 Å². The highest BCUT2D eigenvalue weighted by molar-refractivity contribution is 6.30. The van der Waals surface area contributed by atoms with E-state index < -0.39 is 22.8 Å². The Morgan fingerprint density at radius 3 is 2.47 bits per heavy atom. The second-order valence-electron chi connectivity index (χ2n) is 7.20. The molecule has 2 aromatic carbocycles. The van der Waals surface area contributed by atoms with E-state index in [4.69, 9.17) is 11.6 Å². The summed E-state index contributed by atoms with van der Waals surface area (Å²) in [5, 5.41) is 18.1. The molecule has 0 fully saturated rings. The van der Waals surface area contributed by atoms with Gasteiger partial charge in [0.2, 0.25) is 0 Å². The fourth-order valence-electron chi connectivity index (χ4n) is 2.70. The Balaban J connectivity index is 2.07. The molecule has 2 amide bonds. The summed E-state index contributed by atoms with van der Waals surface area (Å²) < 4.78 is 0. The van der Waals surface area contributed by atoms with Crippen LogP contribution in [0.5, 0.6) is 0 Å². The van der Waals surface area contributed by atoms with Crippen LogP contribution >= 0.6 is 11.6 Å². The lowest BCUT2D eigenvalue weighted by molar-refractivity contribution is -0.385. The molecule has 0 bridgehead atoms. The molecule has 8 nitrogen and oxygen atoms in total. The van der Waals surface area contributed by atoms with Gasteiger partial charge in [-0.05, 0) is 43.5 Å². The highest BCUT2D eigenvalue weighted by Crippen LogP contribution is 2.18. The fraction of sp³-hybridized carbons (Fsp3) is 0.286. The molecule has 158 valence electrons. The maximum Gasteiger partial charge on any atom is 0.272 e. The Morgan fingerprint density at radius 1 is 1.20 bits per heavy atom. The van der Waals surface area contributed by atoms with E-state index in [0.717, 1.165) is 0 Å². The number of amides is 2. The van der Waals surface area contributed by atoms with Gasteiger partial charge in [-0.25, -0.2) is 5.43 Å². The highest BCUT2D eigenvalue weighted by Gasteiger charge is 2.22. The second kappa shape index (κ2) is 10.5. The van der Waals surface area contributed by atoms with Crippen molar-refractivity contribution in [2.75, 3.05) is 0 Å². The average Bonchev–Trinajstić information content (AvgIpc) is 2.68. The molecule has 0 saturated heterocycles.